The van der Waals surface area contributed by atoms with Crippen molar-refractivity contribution in [1.29, 1.82) is 0 Å². The smallest absolute Gasteiger partial charge is 0.322 e. The van der Waals surface area contributed by atoms with Crippen molar-refractivity contribution in [1.82, 2.24) is 4.72 Å². The average Bonchev–Trinajstić information content (AvgIpc) is 2.27. The first-order valence-electron chi connectivity index (χ1n) is 5.21. The van der Waals surface area contributed by atoms with Crippen LogP contribution in [0.4, 0.5) is 0 Å². The lowest BCUT2D eigenvalue weighted by Crippen LogP contribution is -2.47. The summed E-state index contributed by atoms with van der Waals surface area (Å²) in [7, 11) is -2.64. The molecule has 1 rings (SSSR count). The van der Waals surface area contributed by atoms with Gasteiger partial charge in [-0.2, -0.15) is 0 Å². The molecule has 1 saturated heterocycles. The number of rotatable bonds is 5. The van der Waals surface area contributed by atoms with Crippen molar-refractivity contribution in [2.45, 2.75) is 18.4 Å². The maximum absolute atomic E-state index is 11.4. The molecular weight excluding hydrogens is 250 g/mol. The van der Waals surface area contributed by atoms with Crippen LogP contribution in [0.2, 0.25) is 0 Å². The van der Waals surface area contributed by atoms with Crippen molar-refractivity contribution < 1.29 is 27.8 Å². The van der Waals surface area contributed by atoms with E-state index in [0.29, 0.717) is 26.1 Å². The van der Waals surface area contributed by atoms with Gasteiger partial charge in [0, 0.05) is 32.6 Å². The molecular formula is C9H17NO6S. The summed E-state index contributed by atoms with van der Waals surface area (Å²) in [4.78, 5) is 10.8. The molecule has 0 aromatic rings. The largest absolute Gasteiger partial charge is 0.468 e. The quantitative estimate of drug-likeness (QED) is 0.595. The second-order valence-electron chi connectivity index (χ2n) is 3.99. The van der Waals surface area contributed by atoms with Gasteiger partial charge >= 0.3 is 5.97 Å². The Kier molecular flexibility index (Phi) is 4.87. The molecule has 0 bridgehead atoms. The summed E-state index contributed by atoms with van der Waals surface area (Å²) < 4.78 is 34.4. The summed E-state index contributed by atoms with van der Waals surface area (Å²) in [5, 5.41) is 10.0. The van der Waals surface area contributed by atoms with Gasteiger partial charge in [0.05, 0.1) is 12.7 Å². The van der Waals surface area contributed by atoms with Gasteiger partial charge < -0.3 is 14.6 Å². The molecule has 0 unspecified atom stereocenters. The molecule has 100 valence electrons. The Bertz CT molecular complexity index is 360. The van der Waals surface area contributed by atoms with Gasteiger partial charge in [0.15, 0.2) is 5.75 Å². The molecule has 0 atom stereocenters. The zero-order valence-corrected chi connectivity index (χ0v) is 10.5. The summed E-state index contributed by atoms with van der Waals surface area (Å²) in [6.45, 7) is 0.681. The first-order valence-corrected chi connectivity index (χ1v) is 6.86. The SMILES string of the molecule is COC(=O)CS(=O)(=O)NCC1(O)CCOCC1. The number of esters is 1. The normalized spacial score (nSPS) is 19.9. The van der Waals surface area contributed by atoms with Gasteiger partial charge in [0.1, 0.15) is 0 Å². The van der Waals surface area contributed by atoms with E-state index in [1.54, 1.807) is 0 Å². The highest BCUT2D eigenvalue weighted by Gasteiger charge is 2.31. The second kappa shape index (κ2) is 5.76. The number of carbonyl (C=O) groups is 1. The Morgan fingerprint density at radius 3 is 2.59 bits per heavy atom. The predicted molar refractivity (Wildman–Crippen MR) is 58.8 cm³/mol. The number of nitrogens with one attached hydrogen (secondary N) is 1. The van der Waals surface area contributed by atoms with Gasteiger partial charge in [-0.3, -0.25) is 4.79 Å². The van der Waals surface area contributed by atoms with E-state index in [1.165, 1.54) is 0 Å². The van der Waals surface area contributed by atoms with E-state index in [1.807, 2.05) is 0 Å². The van der Waals surface area contributed by atoms with Crippen LogP contribution in [-0.2, 0) is 24.3 Å². The predicted octanol–water partition coefficient (Wildman–Crippen LogP) is -1.38. The van der Waals surface area contributed by atoms with Gasteiger partial charge in [-0.05, 0) is 0 Å². The highest BCUT2D eigenvalue weighted by molar-refractivity contribution is 7.90. The fourth-order valence-corrected chi connectivity index (χ4v) is 2.46. The molecule has 1 aliphatic rings. The van der Waals surface area contributed by atoms with E-state index in [2.05, 4.69) is 9.46 Å². The Morgan fingerprint density at radius 1 is 1.47 bits per heavy atom. The fourth-order valence-electron chi connectivity index (χ4n) is 1.44. The van der Waals surface area contributed by atoms with Crippen LogP contribution in [-0.4, -0.2) is 57.7 Å². The third kappa shape index (κ3) is 4.99. The highest BCUT2D eigenvalue weighted by Crippen LogP contribution is 2.19. The molecule has 8 heteroatoms. The Morgan fingerprint density at radius 2 is 2.06 bits per heavy atom. The molecule has 0 aliphatic carbocycles. The van der Waals surface area contributed by atoms with E-state index in [0.717, 1.165) is 7.11 Å². The van der Waals surface area contributed by atoms with E-state index in [9.17, 15) is 18.3 Å². The van der Waals surface area contributed by atoms with Gasteiger partial charge in [0.25, 0.3) is 0 Å². The number of aliphatic hydroxyl groups is 1. The monoisotopic (exact) mass is 267 g/mol. The molecule has 0 radical (unpaired) electrons. The summed E-state index contributed by atoms with van der Waals surface area (Å²) in [5.41, 5.74) is -1.10. The summed E-state index contributed by atoms with van der Waals surface area (Å²) in [6, 6.07) is 0. The number of hydrogen-bond donors (Lipinski definition) is 2. The van der Waals surface area contributed by atoms with Crippen LogP contribution in [0.5, 0.6) is 0 Å². The molecule has 0 aromatic heterocycles. The summed E-state index contributed by atoms with van der Waals surface area (Å²) in [6.07, 6.45) is 0.738. The molecule has 1 aliphatic heterocycles. The van der Waals surface area contributed by atoms with Crippen molar-refractivity contribution in [2.24, 2.45) is 0 Å². The molecule has 7 nitrogen and oxygen atoms in total. The minimum absolute atomic E-state index is 0.115. The van der Waals surface area contributed by atoms with Crippen molar-refractivity contribution in [3.05, 3.63) is 0 Å². The number of methoxy groups -OCH3 is 1. The molecule has 0 saturated carbocycles. The van der Waals surface area contributed by atoms with Gasteiger partial charge in [-0.1, -0.05) is 0 Å². The molecule has 17 heavy (non-hydrogen) atoms. The van der Waals surface area contributed by atoms with Crippen LogP contribution in [0.15, 0.2) is 0 Å². The van der Waals surface area contributed by atoms with E-state index in [4.69, 9.17) is 4.74 Å². The average molecular weight is 267 g/mol. The number of carbonyl (C=O) groups excluding carboxylic acids is 1. The summed E-state index contributed by atoms with van der Waals surface area (Å²) in [5.74, 6) is -1.58. The third-order valence-electron chi connectivity index (χ3n) is 2.58. The molecule has 1 heterocycles. The number of sulfonamides is 1. The minimum atomic E-state index is -3.76. The fraction of sp³-hybridized carbons (Fsp3) is 0.889. The van der Waals surface area contributed by atoms with E-state index >= 15 is 0 Å². The first-order chi connectivity index (χ1) is 7.87. The van der Waals surface area contributed by atoms with Crippen LogP contribution < -0.4 is 4.72 Å². The van der Waals surface area contributed by atoms with Gasteiger partial charge in [-0.15, -0.1) is 0 Å². The standard InChI is InChI=1S/C9H17NO6S/c1-15-8(11)6-17(13,14)10-7-9(12)2-4-16-5-3-9/h10,12H,2-7H2,1H3. The molecule has 0 aromatic carbocycles. The first kappa shape index (κ1) is 14.4. The zero-order chi connectivity index (χ0) is 12.9. The van der Waals surface area contributed by atoms with Gasteiger partial charge in [0.2, 0.25) is 10.0 Å². The van der Waals surface area contributed by atoms with E-state index < -0.39 is 27.3 Å². The zero-order valence-electron chi connectivity index (χ0n) is 9.64. The molecule has 0 spiro atoms. The summed E-state index contributed by atoms with van der Waals surface area (Å²) >= 11 is 0. The molecule has 2 N–H and O–H groups in total. The topological polar surface area (TPSA) is 102 Å². The van der Waals surface area contributed by atoms with Crippen LogP contribution in [0.3, 0.4) is 0 Å². The third-order valence-corrected chi connectivity index (χ3v) is 3.78. The molecule has 1 fully saturated rings. The number of hydrogen-bond acceptors (Lipinski definition) is 6. The van der Waals surface area contributed by atoms with Crippen molar-refractivity contribution in [3.63, 3.8) is 0 Å². The van der Waals surface area contributed by atoms with Crippen molar-refractivity contribution in [2.75, 3.05) is 32.6 Å². The van der Waals surface area contributed by atoms with Crippen molar-refractivity contribution >= 4 is 16.0 Å². The minimum Gasteiger partial charge on any atom is -0.468 e. The van der Waals surface area contributed by atoms with Crippen LogP contribution in [0.25, 0.3) is 0 Å². The maximum atomic E-state index is 11.4. The van der Waals surface area contributed by atoms with Crippen LogP contribution in [0.1, 0.15) is 12.8 Å². The number of ether oxygens (including phenoxy) is 2. The lowest BCUT2D eigenvalue weighted by molar-refractivity contribution is -0.137. The van der Waals surface area contributed by atoms with Crippen LogP contribution in [0, 0.1) is 0 Å². The maximum Gasteiger partial charge on any atom is 0.322 e. The van der Waals surface area contributed by atoms with E-state index in [-0.39, 0.29) is 6.54 Å². The Hall–Kier alpha value is -0.700. The Labute approximate surface area is 100 Å². The van der Waals surface area contributed by atoms with Gasteiger partial charge in [-0.25, -0.2) is 13.1 Å². The lowest BCUT2D eigenvalue weighted by Gasteiger charge is -2.31. The Balaban J connectivity index is 2.46. The molecule has 0 amide bonds. The van der Waals surface area contributed by atoms with Crippen LogP contribution >= 0.6 is 0 Å². The lowest BCUT2D eigenvalue weighted by atomic mass is 9.95. The van der Waals surface area contributed by atoms with Crippen molar-refractivity contribution in [3.8, 4) is 0 Å². The second-order valence-corrected chi connectivity index (χ2v) is 5.80. The highest BCUT2D eigenvalue weighted by atomic mass is 32.2.